The molecule has 0 heterocycles. The lowest BCUT2D eigenvalue weighted by atomic mass is 9.95. The SMILES string of the molecule is CC(C)(NS(=O)(=O)CCCCCO)c1ccc(F)c(OCC2CC2)c1. The minimum absolute atomic E-state index is 0.00264. The number of sulfonamides is 1. The van der Waals surface area contributed by atoms with Gasteiger partial charge in [0.25, 0.3) is 0 Å². The molecule has 1 aliphatic carbocycles. The van der Waals surface area contributed by atoms with E-state index in [1.807, 2.05) is 0 Å². The summed E-state index contributed by atoms with van der Waals surface area (Å²) in [6.07, 6.45) is 3.98. The Morgan fingerprint density at radius 3 is 2.64 bits per heavy atom. The fraction of sp³-hybridized carbons (Fsp3) is 0.667. The highest BCUT2D eigenvalue weighted by Crippen LogP contribution is 2.32. The Morgan fingerprint density at radius 1 is 1.28 bits per heavy atom. The molecule has 0 aliphatic heterocycles. The van der Waals surface area contributed by atoms with Crippen molar-refractivity contribution in [2.75, 3.05) is 19.0 Å². The second-order valence-corrected chi connectivity index (χ2v) is 9.07. The molecular formula is C18H28FNO4S. The summed E-state index contributed by atoms with van der Waals surface area (Å²) in [5.41, 5.74) is -0.222. The molecule has 1 saturated carbocycles. The minimum Gasteiger partial charge on any atom is -0.490 e. The number of rotatable bonds is 11. The Morgan fingerprint density at radius 2 is 2.00 bits per heavy atom. The smallest absolute Gasteiger partial charge is 0.212 e. The molecule has 0 aromatic heterocycles. The third-order valence-electron chi connectivity index (χ3n) is 4.31. The topological polar surface area (TPSA) is 75.6 Å². The first-order valence-electron chi connectivity index (χ1n) is 8.79. The lowest BCUT2D eigenvalue weighted by Crippen LogP contribution is -2.42. The monoisotopic (exact) mass is 373 g/mol. The van der Waals surface area contributed by atoms with Gasteiger partial charge in [0.05, 0.1) is 17.9 Å². The van der Waals surface area contributed by atoms with E-state index in [0.717, 1.165) is 12.8 Å². The average molecular weight is 373 g/mol. The van der Waals surface area contributed by atoms with E-state index in [1.165, 1.54) is 6.07 Å². The highest BCUT2D eigenvalue weighted by molar-refractivity contribution is 7.89. The van der Waals surface area contributed by atoms with Crippen molar-refractivity contribution in [1.82, 2.24) is 4.72 Å². The van der Waals surface area contributed by atoms with Crippen LogP contribution in [0, 0.1) is 11.7 Å². The maximum atomic E-state index is 13.9. The van der Waals surface area contributed by atoms with E-state index in [9.17, 15) is 12.8 Å². The van der Waals surface area contributed by atoms with E-state index >= 15 is 0 Å². The molecule has 1 aromatic rings. The lowest BCUT2D eigenvalue weighted by molar-refractivity contribution is 0.284. The maximum Gasteiger partial charge on any atom is 0.212 e. The van der Waals surface area contributed by atoms with Crippen molar-refractivity contribution in [3.05, 3.63) is 29.6 Å². The molecule has 2 N–H and O–H groups in total. The van der Waals surface area contributed by atoms with E-state index in [1.54, 1.807) is 26.0 Å². The van der Waals surface area contributed by atoms with Gasteiger partial charge in [-0.2, -0.15) is 0 Å². The molecule has 0 bridgehead atoms. The van der Waals surface area contributed by atoms with Crippen LogP contribution in [-0.2, 0) is 15.6 Å². The molecule has 0 radical (unpaired) electrons. The quantitative estimate of drug-likeness (QED) is 0.585. The van der Waals surface area contributed by atoms with Gasteiger partial charge in [-0.3, -0.25) is 0 Å². The predicted octanol–water partition coefficient (Wildman–Crippen LogP) is 2.93. The lowest BCUT2D eigenvalue weighted by Gasteiger charge is -2.27. The molecule has 142 valence electrons. The summed E-state index contributed by atoms with van der Waals surface area (Å²) in [5.74, 6) is 0.239. The fourth-order valence-electron chi connectivity index (χ4n) is 2.57. The molecule has 0 amide bonds. The summed E-state index contributed by atoms with van der Waals surface area (Å²) in [7, 11) is -3.47. The Kier molecular flexibility index (Phi) is 6.82. The van der Waals surface area contributed by atoms with Gasteiger partial charge in [0.2, 0.25) is 10.0 Å². The van der Waals surface area contributed by atoms with E-state index in [4.69, 9.17) is 9.84 Å². The third-order valence-corrected chi connectivity index (χ3v) is 5.95. The molecule has 1 aromatic carbocycles. The largest absolute Gasteiger partial charge is 0.490 e. The number of hydrogen-bond donors (Lipinski definition) is 2. The number of aliphatic hydroxyl groups is 1. The van der Waals surface area contributed by atoms with Gasteiger partial charge in [0, 0.05) is 6.61 Å². The van der Waals surface area contributed by atoms with Crippen molar-refractivity contribution >= 4 is 10.0 Å². The van der Waals surface area contributed by atoms with Crippen molar-refractivity contribution in [1.29, 1.82) is 0 Å². The first kappa shape index (κ1) is 20.1. The number of hydrogen-bond acceptors (Lipinski definition) is 4. The van der Waals surface area contributed by atoms with Gasteiger partial charge in [-0.15, -0.1) is 0 Å². The number of halogens is 1. The number of nitrogens with one attached hydrogen (secondary N) is 1. The Labute approximate surface area is 149 Å². The van der Waals surface area contributed by atoms with Crippen LogP contribution in [0.4, 0.5) is 4.39 Å². The molecule has 5 nitrogen and oxygen atoms in total. The number of aliphatic hydroxyl groups excluding tert-OH is 1. The van der Waals surface area contributed by atoms with Gasteiger partial charge < -0.3 is 9.84 Å². The Hall–Kier alpha value is -1.18. The van der Waals surface area contributed by atoms with Gasteiger partial charge in [-0.1, -0.05) is 12.5 Å². The summed E-state index contributed by atoms with van der Waals surface area (Å²) in [5, 5.41) is 8.75. The van der Waals surface area contributed by atoms with Crippen LogP contribution < -0.4 is 9.46 Å². The van der Waals surface area contributed by atoms with Gasteiger partial charge in [-0.05, 0) is 63.1 Å². The fourth-order valence-corrected chi connectivity index (χ4v) is 4.16. The predicted molar refractivity (Wildman–Crippen MR) is 95.5 cm³/mol. The summed E-state index contributed by atoms with van der Waals surface area (Å²) >= 11 is 0. The maximum absolute atomic E-state index is 13.9. The van der Waals surface area contributed by atoms with Gasteiger partial charge in [0.15, 0.2) is 11.6 Å². The minimum atomic E-state index is -3.47. The molecule has 2 rings (SSSR count). The first-order valence-corrected chi connectivity index (χ1v) is 10.4. The summed E-state index contributed by atoms with van der Waals surface area (Å²) < 4.78 is 46.7. The first-order chi connectivity index (χ1) is 11.7. The molecule has 1 aliphatic rings. The molecule has 7 heteroatoms. The second kappa shape index (κ2) is 8.47. The van der Waals surface area contributed by atoms with Gasteiger partial charge in [-0.25, -0.2) is 17.5 Å². The molecule has 1 fully saturated rings. The Balaban J connectivity index is 2.02. The van der Waals surface area contributed by atoms with Gasteiger partial charge >= 0.3 is 0 Å². The summed E-state index contributed by atoms with van der Waals surface area (Å²) in [6.45, 7) is 4.06. The third kappa shape index (κ3) is 6.56. The zero-order valence-electron chi connectivity index (χ0n) is 14.9. The standard InChI is InChI=1S/C18H28FNO4S/c1-18(2,20-25(22,23)11-5-3-4-10-21)15-8-9-16(19)17(12-15)24-13-14-6-7-14/h8-9,12,14,20-21H,3-7,10-11,13H2,1-2H3. The second-order valence-electron chi connectivity index (χ2n) is 7.23. The highest BCUT2D eigenvalue weighted by atomic mass is 32.2. The molecule has 0 atom stereocenters. The van der Waals surface area contributed by atoms with Crippen molar-refractivity contribution in [3.63, 3.8) is 0 Å². The molecular weight excluding hydrogens is 345 g/mol. The summed E-state index contributed by atoms with van der Waals surface area (Å²) in [6, 6.07) is 4.47. The van der Waals surface area contributed by atoms with Crippen LogP contribution in [0.1, 0.15) is 51.5 Å². The molecule has 25 heavy (non-hydrogen) atoms. The van der Waals surface area contributed by atoms with Crippen LogP contribution in [0.3, 0.4) is 0 Å². The van der Waals surface area contributed by atoms with Crippen LogP contribution in [0.25, 0.3) is 0 Å². The Bertz CT molecular complexity index is 672. The van der Waals surface area contributed by atoms with Crippen molar-refractivity contribution in [2.45, 2.75) is 51.5 Å². The van der Waals surface area contributed by atoms with E-state index < -0.39 is 21.4 Å². The zero-order valence-corrected chi connectivity index (χ0v) is 15.7. The van der Waals surface area contributed by atoms with Gasteiger partial charge in [0.1, 0.15) is 0 Å². The van der Waals surface area contributed by atoms with Crippen LogP contribution in [-0.4, -0.2) is 32.5 Å². The average Bonchev–Trinajstić information content (AvgIpc) is 3.34. The summed E-state index contributed by atoms with van der Waals surface area (Å²) in [4.78, 5) is 0. The van der Waals surface area contributed by atoms with Crippen LogP contribution in [0.5, 0.6) is 5.75 Å². The van der Waals surface area contributed by atoms with E-state index in [-0.39, 0.29) is 18.1 Å². The molecule has 0 spiro atoms. The molecule has 0 saturated heterocycles. The van der Waals surface area contributed by atoms with E-state index in [0.29, 0.717) is 37.4 Å². The van der Waals surface area contributed by atoms with Crippen molar-refractivity contribution in [2.24, 2.45) is 5.92 Å². The normalized spacial score (nSPS) is 15.4. The molecule has 0 unspecified atom stereocenters. The van der Waals surface area contributed by atoms with Crippen molar-refractivity contribution < 1.29 is 22.7 Å². The van der Waals surface area contributed by atoms with Crippen molar-refractivity contribution in [3.8, 4) is 5.75 Å². The van der Waals surface area contributed by atoms with E-state index in [2.05, 4.69) is 4.72 Å². The van der Waals surface area contributed by atoms with Crippen LogP contribution in [0.2, 0.25) is 0 Å². The zero-order chi connectivity index (χ0) is 18.5. The van der Waals surface area contributed by atoms with Crippen LogP contribution >= 0.6 is 0 Å². The number of benzene rings is 1. The highest BCUT2D eigenvalue weighted by Gasteiger charge is 2.28. The van der Waals surface area contributed by atoms with Crippen LogP contribution in [0.15, 0.2) is 18.2 Å². The number of unbranched alkanes of at least 4 members (excludes halogenated alkanes) is 2. The number of ether oxygens (including phenoxy) is 1.